The summed E-state index contributed by atoms with van der Waals surface area (Å²) in [5.74, 6) is -0.910. The number of carbonyl (C=O) groups is 2. The maximum atomic E-state index is 13.5. The zero-order valence-electron chi connectivity index (χ0n) is 20.0. The van der Waals surface area contributed by atoms with Crippen molar-refractivity contribution in [3.63, 3.8) is 0 Å². The van der Waals surface area contributed by atoms with Gasteiger partial charge in [-0.2, -0.15) is 0 Å². The van der Waals surface area contributed by atoms with Gasteiger partial charge in [-0.25, -0.2) is 4.98 Å². The number of rotatable bonds is 3. The van der Waals surface area contributed by atoms with E-state index < -0.39 is 17.7 Å². The van der Waals surface area contributed by atoms with Gasteiger partial charge in [-0.05, 0) is 66.9 Å². The van der Waals surface area contributed by atoms with Crippen molar-refractivity contribution >= 4 is 44.1 Å². The summed E-state index contributed by atoms with van der Waals surface area (Å²) < 4.78 is 12.1. The highest BCUT2D eigenvalue weighted by molar-refractivity contribution is 7.22. The molecule has 1 unspecified atom stereocenters. The van der Waals surface area contributed by atoms with E-state index in [0.29, 0.717) is 41.0 Å². The molecule has 0 aliphatic carbocycles. The van der Waals surface area contributed by atoms with Crippen LogP contribution in [0.25, 0.3) is 16.0 Å². The SMILES string of the molecule is Cc1cc(C)c2nc(N3C(=O)C(=O)/C(=C(/O)c4ccc5c(c4)OCCO5)C3c3ccc(O)cc3)sc2c1. The molecule has 9 heteroatoms. The fourth-order valence-corrected chi connectivity index (χ4v) is 5.98. The zero-order valence-corrected chi connectivity index (χ0v) is 20.8. The molecule has 0 saturated carbocycles. The smallest absolute Gasteiger partial charge is 0.301 e. The summed E-state index contributed by atoms with van der Waals surface area (Å²) in [6.07, 6.45) is 0. The number of amides is 1. The van der Waals surface area contributed by atoms with E-state index in [9.17, 15) is 19.8 Å². The molecule has 2 aliphatic heterocycles. The summed E-state index contributed by atoms with van der Waals surface area (Å²) >= 11 is 1.31. The first kappa shape index (κ1) is 23.1. The van der Waals surface area contributed by atoms with Crippen LogP contribution in [0.15, 0.2) is 60.2 Å². The lowest BCUT2D eigenvalue weighted by molar-refractivity contribution is -0.132. The Labute approximate surface area is 216 Å². The number of aryl methyl sites for hydroxylation is 2. The Hall–Kier alpha value is -4.37. The van der Waals surface area contributed by atoms with Gasteiger partial charge in [0.15, 0.2) is 16.6 Å². The maximum absolute atomic E-state index is 13.5. The number of phenolic OH excluding ortho intramolecular Hbond substituents is 1. The van der Waals surface area contributed by atoms with Crippen LogP contribution in [-0.4, -0.2) is 40.1 Å². The van der Waals surface area contributed by atoms with E-state index in [2.05, 4.69) is 0 Å². The molecule has 3 aromatic carbocycles. The second-order valence-corrected chi connectivity index (χ2v) is 10.1. The van der Waals surface area contributed by atoms with Gasteiger partial charge in [-0.1, -0.05) is 29.5 Å². The summed E-state index contributed by atoms with van der Waals surface area (Å²) in [4.78, 5) is 33.0. The largest absolute Gasteiger partial charge is 0.508 e. The Kier molecular flexibility index (Phi) is 5.38. The minimum atomic E-state index is -0.948. The number of aromatic hydroxyl groups is 1. The standard InChI is InChI=1S/C28H22N2O6S/c1-14-11-15(2)23-21(12-14)37-28(29-23)30-24(16-3-6-18(31)7-4-16)22(26(33)27(30)34)25(32)17-5-8-19-20(13-17)36-10-9-35-19/h3-8,11-13,24,31-32H,9-10H2,1-2H3/b25-22+. The lowest BCUT2D eigenvalue weighted by Gasteiger charge is -2.23. The van der Waals surface area contributed by atoms with Crippen molar-refractivity contribution in [3.05, 3.63) is 82.4 Å². The first-order valence-electron chi connectivity index (χ1n) is 11.7. The van der Waals surface area contributed by atoms with Crippen LogP contribution in [-0.2, 0) is 9.59 Å². The van der Waals surface area contributed by atoms with E-state index in [1.54, 1.807) is 30.3 Å². The Bertz CT molecular complexity index is 1620. The summed E-state index contributed by atoms with van der Waals surface area (Å²) in [6.45, 7) is 4.73. The number of carbonyl (C=O) groups excluding carboxylic acids is 2. The molecule has 2 N–H and O–H groups in total. The topological polar surface area (TPSA) is 109 Å². The van der Waals surface area contributed by atoms with Crippen molar-refractivity contribution in [3.8, 4) is 17.2 Å². The van der Waals surface area contributed by atoms with Gasteiger partial charge in [0.25, 0.3) is 5.78 Å². The third-order valence-corrected chi connectivity index (χ3v) is 7.50. The number of Topliss-reactive ketones (excluding diaryl/α,β-unsaturated/α-hetero) is 1. The average molecular weight is 515 g/mol. The first-order chi connectivity index (χ1) is 17.8. The first-order valence-corrected chi connectivity index (χ1v) is 12.5. The molecule has 37 heavy (non-hydrogen) atoms. The number of anilines is 1. The Balaban J connectivity index is 1.55. The highest BCUT2D eigenvalue weighted by Crippen LogP contribution is 2.45. The third-order valence-electron chi connectivity index (χ3n) is 6.49. The van der Waals surface area contributed by atoms with Crippen molar-refractivity contribution in [2.45, 2.75) is 19.9 Å². The van der Waals surface area contributed by atoms with Gasteiger partial charge in [-0.15, -0.1) is 0 Å². The molecule has 1 aromatic heterocycles. The molecule has 6 rings (SSSR count). The summed E-state index contributed by atoms with van der Waals surface area (Å²) in [7, 11) is 0. The van der Waals surface area contributed by atoms with Crippen LogP contribution >= 0.6 is 11.3 Å². The molecule has 8 nitrogen and oxygen atoms in total. The number of aliphatic hydroxyl groups is 1. The number of nitrogens with zero attached hydrogens (tertiary/aromatic N) is 2. The summed E-state index contributed by atoms with van der Waals surface area (Å²) in [5.41, 5.74) is 3.58. The number of aromatic nitrogens is 1. The molecule has 0 radical (unpaired) electrons. The molecule has 4 aromatic rings. The van der Waals surface area contributed by atoms with Crippen LogP contribution in [0.3, 0.4) is 0 Å². The average Bonchev–Trinajstić information content (AvgIpc) is 3.42. The summed E-state index contributed by atoms with van der Waals surface area (Å²) in [5, 5.41) is 21.6. The zero-order chi connectivity index (χ0) is 25.8. The maximum Gasteiger partial charge on any atom is 0.301 e. The lowest BCUT2D eigenvalue weighted by atomic mass is 9.95. The molecule has 1 atom stereocenters. The number of hydrogen-bond donors (Lipinski definition) is 2. The molecule has 0 bridgehead atoms. The van der Waals surface area contributed by atoms with Gasteiger partial charge in [0, 0.05) is 5.56 Å². The Morgan fingerprint density at radius 1 is 1.00 bits per heavy atom. The van der Waals surface area contributed by atoms with Crippen LogP contribution in [0.4, 0.5) is 5.13 Å². The highest BCUT2D eigenvalue weighted by Gasteiger charge is 2.48. The van der Waals surface area contributed by atoms with Crippen molar-refractivity contribution in [2.75, 3.05) is 18.1 Å². The molecule has 2 aliphatic rings. The fourth-order valence-electron chi connectivity index (χ4n) is 4.81. The number of thiazole rings is 1. The summed E-state index contributed by atoms with van der Waals surface area (Å²) in [6, 6.07) is 14.1. The molecule has 1 amide bonds. The second-order valence-electron chi connectivity index (χ2n) is 9.04. The van der Waals surface area contributed by atoms with Crippen molar-refractivity contribution < 1.29 is 29.3 Å². The lowest BCUT2D eigenvalue weighted by Crippen LogP contribution is -2.29. The van der Waals surface area contributed by atoms with E-state index in [0.717, 1.165) is 21.3 Å². The fraction of sp³-hybridized carbons (Fsp3) is 0.179. The predicted molar refractivity (Wildman–Crippen MR) is 139 cm³/mol. The number of phenols is 1. The molecule has 186 valence electrons. The van der Waals surface area contributed by atoms with Gasteiger partial charge in [0.1, 0.15) is 24.7 Å². The van der Waals surface area contributed by atoms with E-state index in [1.807, 2.05) is 26.0 Å². The quantitative estimate of drug-likeness (QED) is 0.225. The van der Waals surface area contributed by atoms with Gasteiger partial charge in [-0.3, -0.25) is 14.5 Å². The monoisotopic (exact) mass is 514 g/mol. The number of aliphatic hydroxyl groups excluding tert-OH is 1. The van der Waals surface area contributed by atoms with Crippen molar-refractivity contribution in [2.24, 2.45) is 0 Å². The molecular formula is C28H22N2O6S. The van der Waals surface area contributed by atoms with Crippen LogP contribution in [0.2, 0.25) is 0 Å². The van der Waals surface area contributed by atoms with Gasteiger partial charge in [0.2, 0.25) is 0 Å². The number of hydrogen-bond acceptors (Lipinski definition) is 8. The van der Waals surface area contributed by atoms with Gasteiger partial charge < -0.3 is 19.7 Å². The second kappa shape index (κ2) is 8.63. The number of fused-ring (bicyclic) bond motifs is 2. The number of ketones is 1. The van der Waals surface area contributed by atoms with E-state index in [-0.39, 0.29) is 17.1 Å². The predicted octanol–water partition coefficient (Wildman–Crippen LogP) is 5.02. The number of ether oxygens (including phenoxy) is 2. The van der Waals surface area contributed by atoms with Gasteiger partial charge >= 0.3 is 5.91 Å². The van der Waals surface area contributed by atoms with Crippen LogP contribution < -0.4 is 14.4 Å². The van der Waals surface area contributed by atoms with E-state index in [1.165, 1.54) is 28.4 Å². The minimum Gasteiger partial charge on any atom is -0.508 e. The third kappa shape index (κ3) is 3.79. The Morgan fingerprint density at radius 2 is 1.73 bits per heavy atom. The van der Waals surface area contributed by atoms with E-state index in [4.69, 9.17) is 14.5 Å². The molecule has 1 fully saturated rings. The molecule has 0 spiro atoms. The number of benzene rings is 3. The van der Waals surface area contributed by atoms with Crippen molar-refractivity contribution in [1.29, 1.82) is 0 Å². The van der Waals surface area contributed by atoms with Crippen LogP contribution in [0.5, 0.6) is 17.2 Å². The van der Waals surface area contributed by atoms with Crippen LogP contribution in [0, 0.1) is 13.8 Å². The normalized spacial score (nSPS) is 18.5. The highest BCUT2D eigenvalue weighted by atomic mass is 32.1. The van der Waals surface area contributed by atoms with Crippen molar-refractivity contribution in [1.82, 2.24) is 4.98 Å². The van der Waals surface area contributed by atoms with Crippen LogP contribution in [0.1, 0.15) is 28.3 Å². The molecule has 3 heterocycles. The molecule has 1 saturated heterocycles. The Morgan fingerprint density at radius 3 is 2.49 bits per heavy atom. The minimum absolute atomic E-state index is 0.0404. The van der Waals surface area contributed by atoms with Gasteiger partial charge in [0.05, 0.1) is 21.8 Å². The molecular weight excluding hydrogens is 492 g/mol. The van der Waals surface area contributed by atoms with E-state index >= 15 is 0 Å².